The summed E-state index contributed by atoms with van der Waals surface area (Å²) in [4.78, 5) is 15.9. The van der Waals surface area contributed by atoms with E-state index in [4.69, 9.17) is 16.0 Å². The lowest BCUT2D eigenvalue weighted by Gasteiger charge is -2.11. The fourth-order valence-corrected chi connectivity index (χ4v) is 3.34. The Bertz CT molecular complexity index is 859. The molecule has 3 aromatic rings. The van der Waals surface area contributed by atoms with Crippen LogP contribution in [0.5, 0.6) is 0 Å². The van der Waals surface area contributed by atoms with Gasteiger partial charge in [0, 0.05) is 23.1 Å². The van der Waals surface area contributed by atoms with E-state index < -0.39 is 5.97 Å². The normalized spacial score (nSPS) is 12.1. The van der Waals surface area contributed by atoms with Gasteiger partial charge in [0.05, 0.1) is 12.4 Å². The third-order valence-electron chi connectivity index (χ3n) is 3.39. The second-order valence-electron chi connectivity index (χ2n) is 5.01. The molecule has 0 amide bonds. The van der Waals surface area contributed by atoms with E-state index in [1.54, 1.807) is 18.3 Å². The minimum atomic E-state index is -0.487. The predicted molar refractivity (Wildman–Crippen MR) is 92.9 cm³/mol. The van der Waals surface area contributed by atoms with Crippen LogP contribution in [-0.4, -0.2) is 22.6 Å². The van der Waals surface area contributed by atoms with Gasteiger partial charge in [-0.3, -0.25) is 4.57 Å². The first-order valence-corrected chi connectivity index (χ1v) is 8.48. The summed E-state index contributed by atoms with van der Waals surface area (Å²) < 4.78 is 12.2. The van der Waals surface area contributed by atoms with E-state index in [1.165, 1.54) is 18.9 Å². The maximum Gasteiger partial charge on any atom is 0.373 e. The molecule has 0 saturated heterocycles. The van der Waals surface area contributed by atoms with Gasteiger partial charge in [0.25, 0.3) is 0 Å². The largest absolute Gasteiger partial charge is 0.463 e. The Balaban J connectivity index is 1.81. The summed E-state index contributed by atoms with van der Waals surface area (Å²) in [6, 6.07) is 10.9. The average Bonchev–Trinajstić information content (AvgIpc) is 3.23. The van der Waals surface area contributed by atoms with Crippen molar-refractivity contribution in [3.05, 3.63) is 65.3 Å². The van der Waals surface area contributed by atoms with Crippen LogP contribution in [0.4, 0.5) is 0 Å². The first-order chi connectivity index (χ1) is 11.6. The molecule has 1 unspecified atom stereocenters. The van der Waals surface area contributed by atoms with Crippen LogP contribution in [0.25, 0.3) is 5.69 Å². The van der Waals surface area contributed by atoms with Crippen LogP contribution in [0.3, 0.4) is 0 Å². The molecule has 1 aromatic carbocycles. The van der Waals surface area contributed by atoms with Crippen molar-refractivity contribution in [1.82, 2.24) is 9.55 Å². The summed E-state index contributed by atoms with van der Waals surface area (Å²) >= 11 is 7.59. The third kappa shape index (κ3) is 3.49. The van der Waals surface area contributed by atoms with E-state index in [1.807, 2.05) is 42.0 Å². The molecule has 0 fully saturated rings. The van der Waals surface area contributed by atoms with Crippen molar-refractivity contribution in [3.63, 3.8) is 0 Å². The second kappa shape index (κ2) is 7.15. The molecule has 5 nitrogen and oxygen atoms in total. The number of carbonyl (C=O) groups is 1. The molecule has 0 aliphatic heterocycles. The van der Waals surface area contributed by atoms with E-state index in [0.717, 1.165) is 10.8 Å². The molecule has 2 heterocycles. The van der Waals surface area contributed by atoms with Crippen LogP contribution in [0.15, 0.2) is 58.4 Å². The van der Waals surface area contributed by atoms with Crippen molar-refractivity contribution < 1.29 is 13.9 Å². The molecule has 0 radical (unpaired) electrons. The highest BCUT2D eigenvalue weighted by Gasteiger charge is 2.18. The number of rotatable bonds is 5. The summed E-state index contributed by atoms with van der Waals surface area (Å²) in [7, 11) is 1.32. The average molecular weight is 363 g/mol. The van der Waals surface area contributed by atoms with Crippen LogP contribution in [0.2, 0.25) is 5.02 Å². The van der Waals surface area contributed by atoms with Crippen molar-refractivity contribution in [2.24, 2.45) is 0 Å². The highest BCUT2D eigenvalue weighted by atomic mass is 35.5. The molecule has 0 bridgehead atoms. The SMILES string of the molecule is COC(=O)c1ccc(C(C)Sc2nccn2-c2cccc(Cl)c2)o1. The van der Waals surface area contributed by atoms with Crippen molar-refractivity contribution in [2.45, 2.75) is 17.3 Å². The number of methoxy groups -OCH3 is 1. The van der Waals surface area contributed by atoms with Gasteiger partial charge in [0.1, 0.15) is 5.76 Å². The lowest BCUT2D eigenvalue weighted by molar-refractivity contribution is 0.0563. The Morgan fingerprint density at radius 2 is 2.21 bits per heavy atom. The van der Waals surface area contributed by atoms with Gasteiger partial charge >= 0.3 is 5.97 Å². The van der Waals surface area contributed by atoms with Crippen LogP contribution < -0.4 is 0 Å². The number of benzene rings is 1. The Morgan fingerprint density at radius 1 is 1.38 bits per heavy atom. The highest BCUT2D eigenvalue weighted by molar-refractivity contribution is 7.99. The Morgan fingerprint density at radius 3 is 2.96 bits per heavy atom. The number of hydrogen-bond acceptors (Lipinski definition) is 5. The summed E-state index contributed by atoms with van der Waals surface area (Å²) in [6.07, 6.45) is 3.61. The van der Waals surface area contributed by atoms with Gasteiger partial charge in [-0.2, -0.15) is 0 Å². The number of aromatic nitrogens is 2. The number of esters is 1. The topological polar surface area (TPSA) is 57.3 Å². The zero-order valence-electron chi connectivity index (χ0n) is 13.1. The maximum atomic E-state index is 11.5. The van der Waals surface area contributed by atoms with Crippen LogP contribution in [-0.2, 0) is 4.74 Å². The Kier molecular flexibility index (Phi) is 4.97. The fourth-order valence-electron chi connectivity index (χ4n) is 2.20. The standard InChI is InChI=1S/C17H15ClN2O3S/c1-11(14-6-7-15(23-14)16(21)22-2)24-17-19-8-9-20(17)13-5-3-4-12(18)10-13/h3-11H,1-2H3. The first kappa shape index (κ1) is 16.7. The molecule has 3 rings (SSSR count). The molecule has 0 N–H and O–H groups in total. The highest BCUT2D eigenvalue weighted by Crippen LogP contribution is 2.35. The van der Waals surface area contributed by atoms with Crippen LogP contribution in [0.1, 0.15) is 28.5 Å². The minimum absolute atomic E-state index is 0.0243. The van der Waals surface area contributed by atoms with E-state index in [0.29, 0.717) is 10.8 Å². The number of carbonyl (C=O) groups excluding carboxylic acids is 1. The predicted octanol–water partition coefficient (Wildman–Crippen LogP) is 4.76. The zero-order valence-corrected chi connectivity index (χ0v) is 14.7. The lowest BCUT2D eigenvalue weighted by atomic mass is 10.3. The van der Waals surface area contributed by atoms with Crippen molar-refractivity contribution >= 4 is 29.3 Å². The summed E-state index contributed by atoms with van der Waals surface area (Å²) in [5.74, 6) is 0.387. The molecule has 0 saturated carbocycles. The number of halogens is 1. The fraction of sp³-hybridized carbons (Fsp3) is 0.176. The molecule has 124 valence electrons. The summed E-state index contributed by atoms with van der Waals surface area (Å²) in [5, 5.41) is 1.45. The van der Waals surface area contributed by atoms with Gasteiger partial charge in [-0.15, -0.1) is 0 Å². The minimum Gasteiger partial charge on any atom is -0.463 e. The van der Waals surface area contributed by atoms with Crippen molar-refractivity contribution in [3.8, 4) is 5.69 Å². The zero-order chi connectivity index (χ0) is 17.1. The molecule has 0 spiro atoms. The van der Waals surface area contributed by atoms with Gasteiger partial charge < -0.3 is 9.15 Å². The van der Waals surface area contributed by atoms with Gasteiger partial charge in [0.15, 0.2) is 5.16 Å². The van der Waals surface area contributed by atoms with Gasteiger partial charge in [-0.05, 0) is 37.3 Å². The monoisotopic (exact) mass is 362 g/mol. The molecule has 7 heteroatoms. The number of imidazole rings is 1. The molecular weight excluding hydrogens is 348 g/mol. The van der Waals surface area contributed by atoms with Crippen LogP contribution in [0, 0.1) is 0 Å². The van der Waals surface area contributed by atoms with Gasteiger partial charge in [-0.25, -0.2) is 9.78 Å². The molecule has 0 aliphatic carbocycles. The molecule has 2 aromatic heterocycles. The smallest absolute Gasteiger partial charge is 0.373 e. The van der Waals surface area contributed by atoms with Crippen LogP contribution >= 0.6 is 23.4 Å². The first-order valence-electron chi connectivity index (χ1n) is 7.22. The maximum absolute atomic E-state index is 11.5. The van der Waals surface area contributed by atoms with E-state index >= 15 is 0 Å². The number of furan rings is 1. The number of ether oxygens (including phenoxy) is 1. The lowest BCUT2D eigenvalue weighted by Crippen LogP contribution is -1.99. The quantitative estimate of drug-likeness (QED) is 0.484. The van der Waals surface area contributed by atoms with Crippen molar-refractivity contribution in [2.75, 3.05) is 7.11 Å². The van der Waals surface area contributed by atoms with Gasteiger partial charge in [0.2, 0.25) is 5.76 Å². The Labute approximate surface area is 148 Å². The van der Waals surface area contributed by atoms with Crippen molar-refractivity contribution in [1.29, 1.82) is 0 Å². The van der Waals surface area contributed by atoms with E-state index in [9.17, 15) is 4.79 Å². The molecule has 1 atom stereocenters. The number of thioether (sulfide) groups is 1. The summed E-state index contributed by atoms with van der Waals surface area (Å²) in [5.41, 5.74) is 0.935. The van der Waals surface area contributed by atoms with E-state index in [2.05, 4.69) is 9.72 Å². The Hall–Kier alpha value is -2.18. The summed E-state index contributed by atoms with van der Waals surface area (Å²) in [6.45, 7) is 1.99. The van der Waals surface area contributed by atoms with Gasteiger partial charge in [-0.1, -0.05) is 29.4 Å². The van der Waals surface area contributed by atoms with E-state index in [-0.39, 0.29) is 11.0 Å². The number of hydrogen-bond donors (Lipinski definition) is 0. The third-order valence-corrected chi connectivity index (χ3v) is 4.72. The number of nitrogens with zero attached hydrogens (tertiary/aromatic N) is 2. The second-order valence-corrected chi connectivity index (χ2v) is 6.76. The molecule has 0 aliphatic rings. The molecular formula is C17H15ClN2O3S. The molecule has 24 heavy (non-hydrogen) atoms.